The van der Waals surface area contributed by atoms with E-state index in [-0.39, 0.29) is 18.9 Å². The average molecular weight is 203 g/mol. The molecule has 0 aromatic carbocycles. The number of amides is 1. The minimum Gasteiger partial charge on any atom is -0.480 e. The first-order valence-corrected chi connectivity index (χ1v) is 4.61. The van der Waals surface area contributed by atoms with Gasteiger partial charge in [-0.15, -0.1) is 0 Å². The van der Waals surface area contributed by atoms with Gasteiger partial charge in [0, 0.05) is 13.7 Å². The zero-order valence-electron chi connectivity index (χ0n) is 8.65. The molecule has 1 amide bonds. The molecule has 0 spiro atoms. The molecule has 5 nitrogen and oxygen atoms in total. The molecule has 0 fully saturated rings. The predicted octanol–water partition coefficient (Wildman–Crippen LogP) is 0.346. The summed E-state index contributed by atoms with van der Waals surface area (Å²) in [5, 5.41) is 8.42. The van der Waals surface area contributed by atoms with Gasteiger partial charge in [-0.3, -0.25) is 9.59 Å². The normalized spacial score (nSPS) is 9.86. The lowest BCUT2D eigenvalue weighted by Crippen LogP contribution is -2.32. The molecule has 0 bridgehead atoms. The van der Waals surface area contributed by atoms with Gasteiger partial charge in [-0.25, -0.2) is 0 Å². The number of hydrogen-bond acceptors (Lipinski definition) is 3. The summed E-state index contributed by atoms with van der Waals surface area (Å²) in [5.74, 6) is -1.21. The van der Waals surface area contributed by atoms with Gasteiger partial charge >= 0.3 is 5.97 Å². The molecular weight excluding hydrogens is 186 g/mol. The highest BCUT2D eigenvalue weighted by Crippen LogP contribution is 1.92. The fourth-order valence-corrected chi connectivity index (χ4v) is 0.888. The summed E-state index contributed by atoms with van der Waals surface area (Å²) in [6.07, 6.45) is 1.16. The number of aliphatic carboxylic acids is 1. The van der Waals surface area contributed by atoms with Crippen LogP contribution in [0.5, 0.6) is 0 Å². The van der Waals surface area contributed by atoms with Crippen molar-refractivity contribution < 1.29 is 19.4 Å². The maximum Gasteiger partial charge on any atom is 0.323 e. The fourth-order valence-electron chi connectivity index (χ4n) is 0.888. The highest BCUT2D eigenvalue weighted by Gasteiger charge is 2.11. The summed E-state index contributed by atoms with van der Waals surface area (Å²) in [7, 11) is 1.47. The maximum atomic E-state index is 11.2. The lowest BCUT2D eigenvalue weighted by Gasteiger charge is -2.14. The molecule has 5 heteroatoms. The number of ether oxygens (including phenoxy) is 1. The van der Waals surface area contributed by atoms with Crippen LogP contribution in [0.15, 0.2) is 0 Å². The molecule has 1 N–H and O–H groups in total. The monoisotopic (exact) mass is 203 g/mol. The van der Waals surface area contributed by atoms with Gasteiger partial charge < -0.3 is 14.7 Å². The minimum atomic E-state index is -1.00. The van der Waals surface area contributed by atoms with Crippen molar-refractivity contribution in [3.63, 3.8) is 0 Å². The standard InChI is InChI=1S/C9H17NO4/c1-3-5-14-6-4-8(11)10(2)7-9(12)13/h3-7H2,1-2H3,(H,12,13). The number of carbonyl (C=O) groups excluding carboxylic acids is 1. The Bertz CT molecular complexity index is 193. The van der Waals surface area contributed by atoms with Crippen molar-refractivity contribution in [2.45, 2.75) is 19.8 Å². The SMILES string of the molecule is CCCOCCC(=O)N(C)CC(=O)O. The largest absolute Gasteiger partial charge is 0.480 e. The van der Waals surface area contributed by atoms with Crippen LogP contribution >= 0.6 is 0 Å². The molecule has 0 aromatic heterocycles. The lowest BCUT2D eigenvalue weighted by molar-refractivity contribution is -0.143. The molecule has 0 atom stereocenters. The molecule has 0 heterocycles. The molecule has 0 aliphatic heterocycles. The van der Waals surface area contributed by atoms with Crippen molar-refractivity contribution in [1.82, 2.24) is 4.90 Å². The molecule has 0 aromatic rings. The van der Waals surface area contributed by atoms with Gasteiger partial charge in [0.1, 0.15) is 6.54 Å². The summed E-state index contributed by atoms with van der Waals surface area (Å²) < 4.78 is 5.11. The van der Waals surface area contributed by atoms with Crippen LogP contribution in [-0.2, 0) is 14.3 Å². The molecule has 82 valence electrons. The number of nitrogens with zero attached hydrogens (tertiary/aromatic N) is 1. The predicted molar refractivity (Wildman–Crippen MR) is 51.0 cm³/mol. The summed E-state index contributed by atoms with van der Waals surface area (Å²) in [6, 6.07) is 0. The quantitative estimate of drug-likeness (QED) is 0.606. The summed E-state index contributed by atoms with van der Waals surface area (Å²) in [5.41, 5.74) is 0. The lowest BCUT2D eigenvalue weighted by atomic mass is 10.4. The Balaban J connectivity index is 3.57. The zero-order valence-corrected chi connectivity index (χ0v) is 8.65. The van der Waals surface area contributed by atoms with Crippen LogP contribution in [0.3, 0.4) is 0 Å². The Kier molecular flexibility index (Phi) is 6.74. The third-order valence-electron chi connectivity index (χ3n) is 1.61. The second kappa shape index (κ2) is 7.32. The second-order valence-corrected chi connectivity index (χ2v) is 3.01. The first-order chi connectivity index (χ1) is 6.57. The Morgan fingerprint density at radius 3 is 2.50 bits per heavy atom. The Hall–Kier alpha value is -1.10. The van der Waals surface area contributed by atoms with E-state index >= 15 is 0 Å². The summed E-state index contributed by atoms with van der Waals surface area (Å²) >= 11 is 0. The number of rotatable bonds is 7. The van der Waals surface area contributed by atoms with Crippen LogP contribution in [0.2, 0.25) is 0 Å². The van der Waals surface area contributed by atoms with Crippen molar-refractivity contribution >= 4 is 11.9 Å². The van der Waals surface area contributed by atoms with E-state index in [0.717, 1.165) is 6.42 Å². The summed E-state index contributed by atoms with van der Waals surface area (Å²) in [6.45, 7) is 2.72. The van der Waals surface area contributed by atoms with Crippen molar-refractivity contribution in [2.24, 2.45) is 0 Å². The van der Waals surface area contributed by atoms with Crippen LogP contribution in [0, 0.1) is 0 Å². The van der Waals surface area contributed by atoms with E-state index in [1.807, 2.05) is 6.92 Å². The van der Waals surface area contributed by atoms with Gasteiger partial charge in [0.25, 0.3) is 0 Å². The van der Waals surface area contributed by atoms with E-state index in [4.69, 9.17) is 9.84 Å². The zero-order chi connectivity index (χ0) is 11.0. The van der Waals surface area contributed by atoms with E-state index < -0.39 is 5.97 Å². The van der Waals surface area contributed by atoms with Crippen LogP contribution in [0.4, 0.5) is 0 Å². The van der Waals surface area contributed by atoms with E-state index in [1.54, 1.807) is 0 Å². The first kappa shape index (κ1) is 12.9. The van der Waals surface area contributed by atoms with Gasteiger partial charge in [-0.2, -0.15) is 0 Å². The molecule has 14 heavy (non-hydrogen) atoms. The minimum absolute atomic E-state index is 0.205. The molecule has 0 saturated heterocycles. The van der Waals surface area contributed by atoms with E-state index in [2.05, 4.69) is 0 Å². The van der Waals surface area contributed by atoms with E-state index in [9.17, 15) is 9.59 Å². The van der Waals surface area contributed by atoms with Gasteiger partial charge in [0.2, 0.25) is 5.91 Å². The van der Waals surface area contributed by atoms with Crippen LogP contribution in [-0.4, -0.2) is 48.7 Å². The number of hydrogen-bond donors (Lipinski definition) is 1. The second-order valence-electron chi connectivity index (χ2n) is 3.01. The van der Waals surface area contributed by atoms with Gasteiger partial charge in [-0.1, -0.05) is 6.92 Å². The third-order valence-corrected chi connectivity index (χ3v) is 1.61. The van der Waals surface area contributed by atoms with E-state index in [0.29, 0.717) is 13.2 Å². The molecule has 0 aliphatic carbocycles. The van der Waals surface area contributed by atoms with Crippen LogP contribution < -0.4 is 0 Å². The van der Waals surface area contributed by atoms with Crippen molar-refractivity contribution in [3.8, 4) is 0 Å². The van der Waals surface area contributed by atoms with Crippen molar-refractivity contribution in [3.05, 3.63) is 0 Å². The molecular formula is C9H17NO4. The molecule has 0 rings (SSSR count). The van der Waals surface area contributed by atoms with Crippen molar-refractivity contribution in [2.75, 3.05) is 26.8 Å². The smallest absolute Gasteiger partial charge is 0.323 e. The van der Waals surface area contributed by atoms with E-state index in [1.165, 1.54) is 11.9 Å². The third kappa shape index (κ3) is 6.42. The molecule has 0 radical (unpaired) electrons. The van der Waals surface area contributed by atoms with Gasteiger partial charge in [0.05, 0.1) is 13.0 Å². The Labute approximate surface area is 83.6 Å². The molecule has 0 unspecified atom stereocenters. The highest BCUT2D eigenvalue weighted by atomic mass is 16.5. The fraction of sp³-hybridized carbons (Fsp3) is 0.778. The van der Waals surface area contributed by atoms with Gasteiger partial charge in [-0.05, 0) is 6.42 Å². The summed E-state index contributed by atoms with van der Waals surface area (Å²) in [4.78, 5) is 22.7. The van der Waals surface area contributed by atoms with Crippen molar-refractivity contribution in [1.29, 1.82) is 0 Å². The number of carboxylic acids is 1. The average Bonchev–Trinajstić information content (AvgIpc) is 2.11. The molecule has 0 saturated carbocycles. The number of carbonyl (C=O) groups is 2. The number of carboxylic acid groups (broad SMARTS) is 1. The first-order valence-electron chi connectivity index (χ1n) is 4.61. The Morgan fingerprint density at radius 2 is 2.00 bits per heavy atom. The Morgan fingerprint density at radius 1 is 1.36 bits per heavy atom. The topological polar surface area (TPSA) is 66.8 Å². The van der Waals surface area contributed by atoms with Crippen LogP contribution in [0.1, 0.15) is 19.8 Å². The van der Waals surface area contributed by atoms with Gasteiger partial charge in [0.15, 0.2) is 0 Å². The number of likely N-dealkylation sites (N-methyl/N-ethyl adjacent to an activating group) is 1. The maximum absolute atomic E-state index is 11.2. The highest BCUT2D eigenvalue weighted by molar-refractivity contribution is 5.81. The van der Waals surface area contributed by atoms with Crippen LogP contribution in [0.25, 0.3) is 0 Å². The molecule has 0 aliphatic rings.